The number of H-pyrrole nitrogens is 1. The van der Waals surface area contributed by atoms with Crippen LogP contribution in [0.5, 0.6) is 0 Å². The molecule has 0 atom stereocenters. The fourth-order valence-electron chi connectivity index (χ4n) is 2.08. The van der Waals surface area contributed by atoms with Crippen molar-refractivity contribution in [3.8, 4) is 0 Å². The van der Waals surface area contributed by atoms with Gasteiger partial charge in [0.1, 0.15) is 0 Å². The monoisotopic (exact) mass is 244 g/mol. The minimum absolute atomic E-state index is 0.0592. The maximum absolute atomic E-state index is 11.9. The Hall–Kier alpha value is -1.77. The second-order valence-electron chi connectivity index (χ2n) is 5.84. The zero-order valence-electron chi connectivity index (χ0n) is 11.4. The molecule has 0 saturated heterocycles. The molecule has 3 nitrogen and oxygen atoms in total. The van der Waals surface area contributed by atoms with Crippen LogP contribution in [0.4, 0.5) is 0 Å². The highest BCUT2D eigenvalue weighted by Crippen LogP contribution is 2.20. The number of hydrogen-bond donors (Lipinski definition) is 2. The van der Waals surface area contributed by atoms with Gasteiger partial charge in [-0.25, -0.2) is 0 Å². The third-order valence-electron chi connectivity index (χ3n) is 2.79. The first-order valence-corrected chi connectivity index (χ1v) is 6.23. The maximum atomic E-state index is 11.9. The summed E-state index contributed by atoms with van der Waals surface area (Å²) in [5.41, 5.74) is 3.18. The van der Waals surface area contributed by atoms with E-state index < -0.39 is 0 Å². The van der Waals surface area contributed by atoms with Crippen LogP contribution in [0.2, 0.25) is 0 Å². The van der Waals surface area contributed by atoms with Gasteiger partial charge in [0.2, 0.25) is 5.91 Å². The number of amides is 1. The van der Waals surface area contributed by atoms with E-state index in [0.717, 1.165) is 16.5 Å². The van der Waals surface area contributed by atoms with Gasteiger partial charge < -0.3 is 10.3 Å². The Bertz CT molecular complexity index is 576. The molecule has 3 heteroatoms. The summed E-state index contributed by atoms with van der Waals surface area (Å²) in [5.74, 6) is 0.0592. The number of rotatable bonds is 2. The van der Waals surface area contributed by atoms with E-state index in [-0.39, 0.29) is 11.4 Å². The Labute approximate surface area is 108 Å². The van der Waals surface area contributed by atoms with Crippen molar-refractivity contribution in [2.75, 3.05) is 0 Å². The van der Waals surface area contributed by atoms with E-state index in [1.807, 2.05) is 27.0 Å². The van der Waals surface area contributed by atoms with Gasteiger partial charge in [0, 0.05) is 22.6 Å². The second-order valence-corrected chi connectivity index (χ2v) is 5.84. The minimum atomic E-state index is -0.181. The van der Waals surface area contributed by atoms with Crippen LogP contribution in [0.25, 0.3) is 10.9 Å². The lowest BCUT2D eigenvalue weighted by Gasteiger charge is -2.20. The number of nitrogens with one attached hydrogen (secondary N) is 2. The molecule has 18 heavy (non-hydrogen) atoms. The topological polar surface area (TPSA) is 44.9 Å². The number of aromatic nitrogens is 1. The van der Waals surface area contributed by atoms with Gasteiger partial charge in [-0.1, -0.05) is 12.1 Å². The van der Waals surface area contributed by atoms with Gasteiger partial charge in [-0.2, -0.15) is 0 Å². The largest absolute Gasteiger partial charge is 0.361 e. The summed E-state index contributed by atoms with van der Waals surface area (Å²) in [6, 6.07) is 6.24. The Morgan fingerprint density at radius 1 is 1.33 bits per heavy atom. The van der Waals surface area contributed by atoms with Crippen molar-refractivity contribution in [1.29, 1.82) is 0 Å². The number of aromatic amines is 1. The summed E-state index contributed by atoms with van der Waals surface area (Å²) in [5, 5.41) is 4.11. The average Bonchev–Trinajstić information content (AvgIpc) is 2.57. The van der Waals surface area contributed by atoms with Crippen molar-refractivity contribution in [3.05, 3.63) is 35.5 Å². The van der Waals surface area contributed by atoms with Gasteiger partial charge >= 0.3 is 0 Å². The zero-order chi connectivity index (χ0) is 13.3. The molecule has 1 heterocycles. The fraction of sp³-hybridized carbons (Fsp3) is 0.400. The lowest BCUT2D eigenvalue weighted by atomic mass is 10.1. The SMILES string of the molecule is Cc1ccc2c(CC(=O)NC(C)(C)C)c[nH]c2c1. The quantitative estimate of drug-likeness (QED) is 0.838. The molecule has 0 aliphatic rings. The first-order chi connectivity index (χ1) is 8.35. The summed E-state index contributed by atoms with van der Waals surface area (Å²) in [6.45, 7) is 8.03. The summed E-state index contributed by atoms with van der Waals surface area (Å²) in [6.07, 6.45) is 2.34. The molecule has 2 rings (SSSR count). The smallest absolute Gasteiger partial charge is 0.224 e. The van der Waals surface area contributed by atoms with Gasteiger partial charge in [0.05, 0.1) is 6.42 Å². The van der Waals surface area contributed by atoms with E-state index in [2.05, 4.69) is 35.4 Å². The molecular formula is C15H20N2O. The van der Waals surface area contributed by atoms with E-state index in [1.165, 1.54) is 5.56 Å². The van der Waals surface area contributed by atoms with Crippen molar-refractivity contribution in [3.63, 3.8) is 0 Å². The summed E-state index contributed by atoms with van der Waals surface area (Å²) in [7, 11) is 0. The fourth-order valence-corrected chi connectivity index (χ4v) is 2.08. The van der Waals surface area contributed by atoms with Crippen molar-refractivity contribution < 1.29 is 4.79 Å². The predicted molar refractivity (Wildman–Crippen MR) is 74.6 cm³/mol. The van der Waals surface area contributed by atoms with Crippen LogP contribution in [0.1, 0.15) is 31.9 Å². The molecule has 0 fully saturated rings. The number of carbonyl (C=O) groups is 1. The standard InChI is InChI=1S/C15H20N2O/c1-10-5-6-12-11(9-16-13(12)7-10)8-14(18)17-15(2,3)4/h5-7,9,16H,8H2,1-4H3,(H,17,18). The number of benzene rings is 1. The molecule has 1 aromatic heterocycles. The van der Waals surface area contributed by atoms with Crippen LogP contribution in [-0.4, -0.2) is 16.4 Å². The molecule has 0 bridgehead atoms. The Morgan fingerprint density at radius 2 is 2.06 bits per heavy atom. The molecule has 2 aromatic rings. The number of carbonyl (C=O) groups excluding carboxylic acids is 1. The van der Waals surface area contributed by atoms with Gasteiger partial charge in [0.25, 0.3) is 0 Å². The Kier molecular flexibility index (Phi) is 3.16. The van der Waals surface area contributed by atoms with Crippen molar-refractivity contribution in [2.45, 2.75) is 39.7 Å². The third-order valence-corrected chi connectivity index (χ3v) is 2.79. The highest BCUT2D eigenvalue weighted by molar-refractivity contribution is 5.89. The molecule has 1 amide bonds. The molecule has 0 radical (unpaired) electrons. The predicted octanol–water partition coefficient (Wildman–Crippen LogP) is 2.93. The Balaban J connectivity index is 2.20. The van der Waals surface area contributed by atoms with Crippen LogP contribution in [-0.2, 0) is 11.2 Å². The molecule has 0 aliphatic carbocycles. The summed E-state index contributed by atoms with van der Waals surface area (Å²) in [4.78, 5) is 15.1. The van der Waals surface area contributed by atoms with Crippen LogP contribution < -0.4 is 5.32 Å². The molecule has 0 aliphatic heterocycles. The normalized spacial score (nSPS) is 11.8. The van der Waals surface area contributed by atoms with Crippen LogP contribution in [0.15, 0.2) is 24.4 Å². The average molecular weight is 244 g/mol. The first kappa shape index (κ1) is 12.7. The van der Waals surface area contributed by atoms with Crippen molar-refractivity contribution in [2.24, 2.45) is 0 Å². The lowest BCUT2D eigenvalue weighted by Crippen LogP contribution is -2.41. The summed E-state index contributed by atoms with van der Waals surface area (Å²) < 4.78 is 0. The Morgan fingerprint density at radius 3 is 2.72 bits per heavy atom. The third kappa shape index (κ3) is 2.92. The highest BCUT2D eigenvalue weighted by Gasteiger charge is 2.15. The van der Waals surface area contributed by atoms with E-state index in [1.54, 1.807) is 0 Å². The number of aryl methyl sites for hydroxylation is 1. The highest BCUT2D eigenvalue weighted by atomic mass is 16.1. The van der Waals surface area contributed by atoms with Crippen LogP contribution >= 0.6 is 0 Å². The minimum Gasteiger partial charge on any atom is -0.361 e. The lowest BCUT2D eigenvalue weighted by molar-refractivity contribution is -0.121. The van der Waals surface area contributed by atoms with E-state index in [4.69, 9.17) is 0 Å². The van der Waals surface area contributed by atoms with E-state index in [9.17, 15) is 4.79 Å². The molecule has 2 N–H and O–H groups in total. The first-order valence-electron chi connectivity index (χ1n) is 6.23. The molecule has 0 unspecified atom stereocenters. The molecule has 96 valence electrons. The zero-order valence-corrected chi connectivity index (χ0v) is 11.4. The van der Waals surface area contributed by atoms with Crippen LogP contribution in [0, 0.1) is 6.92 Å². The van der Waals surface area contributed by atoms with Crippen molar-refractivity contribution in [1.82, 2.24) is 10.3 Å². The second kappa shape index (κ2) is 4.48. The van der Waals surface area contributed by atoms with Crippen molar-refractivity contribution >= 4 is 16.8 Å². The molecule has 0 spiro atoms. The van der Waals surface area contributed by atoms with Gasteiger partial charge in [-0.05, 0) is 44.9 Å². The number of fused-ring (bicyclic) bond motifs is 1. The molecule has 0 saturated carbocycles. The van der Waals surface area contributed by atoms with E-state index in [0.29, 0.717) is 6.42 Å². The maximum Gasteiger partial charge on any atom is 0.224 e. The molecular weight excluding hydrogens is 224 g/mol. The van der Waals surface area contributed by atoms with E-state index >= 15 is 0 Å². The summed E-state index contributed by atoms with van der Waals surface area (Å²) >= 11 is 0. The van der Waals surface area contributed by atoms with Gasteiger partial charge in [-0.3, -0.25) is 4.79 Å². The van der Waals surface area contributed by atoms with Crippen LogP contribution in [0.3, 0.4) is 0 Å². The number of hydrogen-bond acceptors (Lipinski definition) is 1. The van der Waals surface area contributed by atoms with Gasteiger partial charge in [-0.15, -0.1) is 0 Å². The van der Waals surface area contributed by atoms with Gasteiger partial charge in [0.15, 0.2) is 0 Å². The molecule has 1 aromatic carbocycles.